The molecule has 10 heteroatoms. The molecule has 1 aromatic heterocycles. The molecule has 0 saturated carbocycles. The van der Waals surface area contributed by atoms with Gasteiger partial charge in [0.15, 0.2) is 9.84 Å². The normalized spacial score (nSPS) is 20.5. The zero-order valence-corrected chi connectivity index (χ0v) is 11.1. The van der Waals surface area contributed by atoms with Gasteiger partial charge in [0.1, 0.15) is 12.0 Å². The van der Waals surface area contributed by atoms with E-state index in [9.17, 15) is 23.3 Å². The summed E-state index contributed by atoms with van der Waals surface area (Å²) in [5.74, 6) is -0.934. The number of nitro groups is 1. The van der Waals surface area contributed by atoms with Crippen molar-refractivity contribution in [3.8, 4) is 0 Å². The molecular weight excluding hydrogens is 288 g/mol. The monoisotopic (exact) mass is 300 g/mol. The summed E-state index contributed by atoms with van der Waals surface area (Å²) in [7, 11) is -3.12. The second kappa shape index (κ2) is 5.04. The average molecular weight is 300 g/mol. The maximum atomic E-state index is 12.0. The third kappa shape index (κ3) is 3.02. The van der Waals surface area contributed by atoms with Gasteiger partial charge in [-0.25, -0.2) is 13.4 Å². The number of nitrogen functional groups attached to an aromatic ring is 1. The molecule has 0 spiro atoms. The molecule has 1 aliphatic rings. The van der Waals surface area contributed by atoms with E-state index in [4.69, 9.17) is 5.73 Å². The molecular formula is C10H12N4O5S. The maximum absolute atomic E-state index is 12.0. The van der Waals surface area contributed by atoms with Crippen LogP contribution in [0.1, 0.15) is 16.8 Å². The number of nitrogens with zero attached hydrogens (tertiary/aromatic N) is 2. The van der Waals surface area contributed by atoms with Gasteiger partial charge < -0.3 is 11.1 Å². The van der Waals surface area contributed by atoms with Crippen LogP contribution in [0.5, 0.6) is 0 Å². The average Bonchev–Trinajstić information content (AvgIpc) is 2.68. The molecule has 1 aliphatic heterocycles. The van der Waals surface area contributed by atoms with E-state index < -0.39 is 26.7 Å². The van der Waals surface area contributed by atoms with Gasteiger partial charge in [-0.3, -0.25) is 14.9 Å². The highest BCUT2D eigenvalue weighted by Crippen LogP contribution is 2.18. The number of hydrogen-bond donors (Lipinski definition) is 2. The lowest BCUT2D eigenvalue weighted by molar-refractivity contribution is -0.385. The predicted molar refractivity (Wildman–Crippen MR) is 69.8 cm³/mol. The van der Waals surface area contributed by atoms with Gasteiger partial charge in [0.05, 0.1) is 22.0 Å². The summed E-state index contributed by atoms with van der Waals surface area (Å²) >= 11 is 0. The summed E-state index contributed by atoms with van der Waals surface area (Å²) in [6, 6.07) is 0.507. The van der Waals surface area contributed by atoms with Crippen LogP contribution in [0.4, 0.5) is 11.5 Å². The Morgan fingerprint density at radius 2 is 2.25 bits per heavy atom. The van der Waals surface area contributed by atoms with Crippen LogP contribution in [0.3, 0.4) is 0 Å². The van der Waals surface area contributed by atoms with Gasteiger partial charge in [-0.2, -0.15) is 0 Å². The van der Waals surface area contributed by atoms with Crippen LogP contribution in [-0.2, 0) is 9.84 Å². The van der Waals surface area contributed by atoms with Crippen molar-refractivity contribution >= 4 is 27.2 Å². The zero-order chi connectivity index (χ0) is 14.9. The first-order valence-corrected chi connectivity index (χ1v) is 7.52. The summed E-state index contributed by atoms with van der Waals surface area (Å²) in [6.07, 6.45) is 1.27. The molecule has 2 rings (SSSR count). The largest absolute Gasteiger partial charge is 0.383 e. The second-order valence-corrected chi connectivity index (χ2v) is 6.69. The highest BCUT2D eigenvalue weighted by Gasteiger charge is 2.30. The molecule has 1 fully saturated rings. The van der Waals surface area contributed by atoms with Crippen LogP contribution in [0.25, 0.3) is 0 Å². The fourth-order valence-electron chi connectivity index (χ4n) is 1.92. The Bertz CT molecular complexity index is 672. The molecule has 108 valence electrons. The summed E-state index contributed by atoms with van der Waals surface area (Å²) in [5, 5.41) is 13.1. The Morgan fingerprint density at radius 3 is 2.80 bits per heavy atom. The first-order valence-electron chi connectivity index (χ1n) is 5.70. The van der Waals surface area contributed by atoms with Gasteiger partial charge in [0.2, 0.25) is 0 Å². The SMILES string of the molecule is Nc1ncc([N+](=O)[O-])cc1C(=O)NC1CCS(=O)(=O)C1. The molecule has 1 unspecified atom stereocenters. The summed E-state index contributed by atoms with van der Waals surface area (Å²) in [4.78, 5) is 25.5. The number of sulfone groups is 1. The van der Waals surface area contributed by atoms with Crippen LogP contribution in [0, 0.1) is 10.1 Å². The number of carbonyl (C=O) groups excluding carboxylic acids is 1. The van der Waals surface area contributed by atoms with Crippen molar-refractivity contribution in [3.05, 3.63) is 27.9 Å². The van der Waals surface area contributed by atoms with Crippen molar-refractivity contribution in [3.63, 3.8) is 0 Å². The highest BCUT2D eigenvalue weighted by molar-refractivity contribution is 7.91. The zero-order valence-electron chi connectivity index (χ0n) is 10.3. The van der Waals surface area contributed by atoms with Crippen molar-refractivity contribution in [2.24, 2.45) is 0 Å². The minimum Gasteiger partial charge on any atom is -0.383 e. The van der Waals surface area contributed by atoms with Crippen molar-refractivity contribution in [1.29, 1.82) is 0 Å². The van der Waals surface area contributed by atoms with Crippen LogP contribution in [0.15, 0.2) is 12.3 Å². The van der Waals surface area contributed by atoms with Gasteiger partial charge >= 0.3 is 0 Å². The van der Waals surface area contributed by atoms with E-state index in [2.05, 4.69) is 10.3 Å². The van der Waals surface area contributed by atoms with Crippen LogP contribution >= 0.6 is 0 Å². The van der Waals surface area contributed by atoms with Crippen molar-refractivity contribution in [1.82, 2.24) is 10.3 Å². The minimum absolute atomic E-state index is 0.0145. The lowest BCUT2D eigenvalue weighted by atomic mass is 10.2. The molecule has 0 aromatic carbocycles. The molecule has 0 bridgehead atoms. The molecule has 2 heterocycles. The van der Waals surface area contributed by atoms with Crippen LogP contribution in [-0.4, -0.2) is 41.8 Å². The molecule has 1 amide bonds. The second-order valence-electron chi connectivity index (χ2n) is 4.46. The van der Waals surface area contributed by atoms with Gasteiger partial charge in [-0.1, -0.05) is 0 Å². The Kier molecular flexibility index (Phi) is 3.57. The number of aromatic nitrogens is 1. The Morgan fingerprint density at radius 1 is 1.55 bits per heavy atom. The molecule has 1 atom stereocenters. The number of rotatable bonds is 3. The molecule has 9 nitrogen and oxygen atoms in total. The number of amides is 1. The third-order valence-electron chi connectivity index (χ3n) is 2.93. The highest BCUT2D eigenvalue weighted by atomic mass is 32.2. The number of carbonyl (C=O) groups is 1. The van der Waals surface area contributed by atoms with Crippen molar-refractivity contribution < 1.29 is 18.1 Å². The molecule has 0 aliphatic carbocycles. The van der Waals surface area contributed by atoms with Gasteiger partial charge in [-0.15, -0.1) is 0 Å². The molecule has 3 N–H and O–H groups in total. The lowest BCUT2D eigenvalue weighted by Crippen LogP contribution is -2.36. The molecule has 0 radical (unpaired) electrons. The fraction of sp³-hybridized carbons (Fsp3) is 0.400. The van der Waals surface area contributed by atoms with Crippen molar-refractivity contribution in [2.45, 2.75) is 12.5 Å². The summed E-state index contributed by atoms with van der Waals surface area (Å²) in [6.45, 7) is 0. The lowest BCUT2D eigenvalue weighted by Gasteiger charge is -2.11. The predicted octanol–water partition coefficient (Wildman–Crippen LogP) is -0.511. The molecule has 20 heavy (non-hydrogen) atoms. The van der Waals surface area contributed by atoms with Gasteiger partial charge in [-0.05, 0) is 6.42 Å². The van der Waals surface area contributed by atoms with Crippen LogP contribution < -0.4 is 11.1 Å². The van der Waals surface area contributed by atoms with E-state index in [0.717, 1.165) is 12.3 Å². The Balaban J connectivity index is 2.17. The number of nitrogens with two attached hydrogens (primary N) is 1. The Hall–Kier alpha value is -2.23. The topological polar surface area (TPSA) is 145 Å². The first kappa shape index (κ1) is 14.2. The van der Waals surface area contributed by atoms with Crippen molar-refractivity contribution in [2.75, 3.05) is 17.2 Å². The molecule has 1 aromatic rings. The standard InChI is InChI=1S/C10H12N4O5S/c11-9-8(3-7(4-12-9)14(16)17)10(15)13-6-1-2-20(18,19)5-6/h3-4,6H,1-2,5H2,(H2,11,12)(H,13,15). The van der Waals surface area contributed by atoms with E-state index in [-0.39, 0.29) is 28.6 Å². The van der Waals surface area contributed by atoms with E-state index in [0.29, 0.717) is 6.42 Å². The molecule has 1 saturated heterocycles. The van der Waals surface area contributed by atoms with Gasteiger partial charge in [0, 0.05) is 12.1 Å². The van der Waals surface area contributed by atoms with E-state index in [1.165, 1.54) is 0 Å². The maximum Gasteiger partial charge on any atom is 0.288 e. The first-order chi connectivity index (χ1) is 9.28. The Labute approximate surface area is 114 Å². The van der Waals surface area contributed by atoms with E-state index in [1.807, 2.05) is 0 Å². The third-order valence-corrected chi connectivity index (χ3v) is 4.70. The smallest absolute Gasteiger partial charge is 0.288 e. The van der Waals surface area contributed by atoms with E-state index >= 15 is 0 Å². The minimum atomic E-state index is -3.12. The summed E-state index contributed by atoms with van der Waals surface area (Å²) in [5.41, 5.74) is 5.01. The number of anilines is 1. The van der Waals surface area contributed by atoms with Crippen LogP contribution in [0.2, 0.25) is 0 Å². The number of pyridine rings is 1. The van der Waals surface area contributed by atoms with E-state index in [1.54, 1.807) is 0 Å². The number of nitrogens with one attached hydrogen (secondary N) is 1. The quantitative estimate of drug-likeness (QED) is 0.564. The van der Waals surface area contributed by atoms with Gasteiger partial charge in [0.25, 0.3) is 11.6 Å². The number of hydrogen-bond acceptors (Lipinski definition) is 7. The fourth-order valence-corrected chi connectivity index (χ4v) is 3.59. The summed E-state index contributed by atoms with van der Waals surface area (Å²) < 4.78 is 22.6.